The van der Waals surface area contributed by atoms with Crippen molar-refractivity contribution in [2.24, 2.45) is 0 Å². The Kier molecular flexibility index (Phi) is 5.11. The molecule has 2 aromatic carbocycles. The Balaban J connectivity index is 1.75. The van der Waals surface area contributed by atoms with E-state index in [4.69, 9.17) is 4.98 Å². The highest BCUT2D eigenvalue weighted by Crippen LogP contribution is 2.25. The average Bonchev–Trinajstić information content (AvgIpc) is 2.77. The molecule has 138 valence electrons. The summed E-state index contributed by atoms with van der Waals surface area (Å²) in [7, 11) is 0. The zero-order valence-electron chi connectivity index (χ0n) is 15.7. The van der Waals surface area contributed by atoms with Crippen LogP contribution in [0.3, 0.4) is 0 Å². The van der Waals surface area contributed by atoms with Crippen molar-refractivity contribution in [2.75, 3.05) is 0 Å². The Morgan fingerprint density at radius 2 is 1.71 bits per heavy atom. The Labute approximate surface area is 164 Å². The molecular formula is C24H21N3O. The second-order valence-electron chi connectivity index (χ2n) is 6.66. The summed E-state index contributed by atoms with van der Waals surface area (Å²) in [5, 5.41) is 3.93. The summed E-state index contributed by atoms with van der Waals surface area (Å²) < 4.78 is 0. The zero-order valence-corrected chi connectivity index (χ0v) is 15.7. The summed E-state index contributed by atoms with van der Waals surface area (Å²) in [6, 6.07) is 23.6. The summed E-state index contributed by atoms with van der Waals surface area (Å²) >= 11 is 0. The van der Waals surface area contributed by atoms with Crippen LogP contribution in [0.1, 0.15) is 35.3 Å². The fourth-order valence-electron chi connectivity index (χ4n) is 3.36. The van der Waals surface area contributed by atoms with E-state index in [1.807, 2.05) is 72.8 Å². The van der Waals surface area contributed by atoms with Crippen LogP contribution in [-0.2, 0) is 0 Å². The number of pyridine rings is 2. The van der Waals surface area contributed by atoms with Gasteiger partial charge in [-0.1, -0.05) is 67.6 Å². The van der Waals surface area contributed by atoms with Crippen molar-refractivity contribution < 1.29 is 4.79 Å². The molecule has 2 heterocycles. The van der Waals surface area contributed by atoms with E-state index in [0.717, 1.165) is 34.1 Å². The van der Waals surface area contributed by atoms with Gasteiger partial charge < -0.3 is 5.32 Å². The molecule has 0 spiro atoms. The summed E-state index contributed by atoms with van der Waals surface area (Å²) in [5.41, 5.74) is 4.20. The number of rotatable bonds is 5. The molecule has 1 N–H and O–H groups in total. The fourth-order valence-corrected chi connectivity index (χ4v) is 3.36. The molecule has 0 fully saturated rings. The lowest BCUT2D eigenvalue weighted by Crippen LogP contribution is -2.28. The summed E-state index contributed by atoms with van der Waals surface area (Å²) in [6.45, 7) is 2.07. The average molecular weight is 367 g/mol. The van der Waals surface area contributed by atoms with E-state index in [1.54, 1.807) is 12.4 Å². The lowest BCUT2D eigenvalue weighted by Gasteiger charge is -2.18. The number of amides is 1. The Morgan fingerprint density at radius 3 is 2.43 bits per heavy atom. The van der Waals surface area contributed by atoms with Gasteiger partial charge in [-0.05, 0) is 24.1 Å². The van der Waals surface area contributed by atoms with Crippen LogP contribution in [0, 0.1) is 0 Å². The summed E-state index contributed by atoms with van der Waals surface area (Å²) in [5.74, 6) is -0.117. The first kappa shape index (κ1) is 17.9. The molecule has 0 aliphatic heterocycles. The van der Waals surface area contributed by atoms with Crippen molar-refractivity contribution in [2.45, 2.75) is 19.4 Å². The molecule has 4 heteroatoms. The van der Waals surface area contributed by atoms with Gasteiger partial charge in [0.2, 0.25) is 0 Å². The molecule has 28 heavy (non-hydrogen) atoms. The van der Waals surface area contributed by atoms with Crippen LogP contribution in [0.25, 0.3) is 22.2 Å². The Hall–Kier alpha value is -3.53. The normalized spacial score (nSPS) is 11.9. The van der Waals surface area contributed by atoms with Crippen LogP contribution >= 0.6 is 0 Å². The van der Waals surface area contributed by atoms with Crippen LogP contribution in [0.4, 0.5) is 0 Å². The lowest BCUT2D eigenvalue weighted by atomic mass is 10.0. The van der Waals surface area contributed by atoms with Crippen molar-refractivity contribution in [3.63, 3.8) is 0 Å². The molecule has 0 radical (unpaired) electrons. The maximum absolute atomic E-state index is 13.2. The van der Waals surface area contributed by atoms with Gasteiger partial charge in [0.15, 0.2) is 0 Å². The predicted molar refractivity (Wildman–Crippen MR) is 112 cm³/mol. The molecular weight excluding hydrogens is 346 g/mol. The minimum atomic E-state index is -0.117. The van der Waals surface area contributed by atoms with Gasteiger partial charge in [-0.25, -0.2) is 4.98 Å². The molecule has 4 rings (SSSR count). The van der Waals surface area contributed by atoms with E-state index in [1.165, 1.54) is 0 Å². The van der Waals surface area contributed by atoms with Crippen LogP contribution in [0.15, 0.2) is 85.2 Å². The fraction of sp³-hybridized carbons (Fsp3) is 0.125. The smallest absolute Gasteiger partial charge is 0.252 e. The van der Waals surface area contributed by atoms with Gasteiger partial charge in [-0.3, -0.25) is 9.78 Å². The Morgan fingerprint density at radius 1 is 1.00 bits per heavy atom. The highest BCUT2D eigenvalue weighted by Gasteiger charge is 2.18. The zero-order chi connectivity index (χ0) is 19.3. The molecule has 2 aromatic heterocycles. The number of hydrogen-bond acceptors (Lipinski definition) is 3. The van der Waals surface area contributed by atoms with Crippen LogP contribution < -0.4 is 5.32 Å². The molecule has 0 saturated heterocycles. The first-order chi connectivity index (χ1) is 13.8. The third-order valence-corrected chi connectivity index (χ3v) is 4.84. The predicted octanol–water partition coefficient (Wildman–Crippen LogP) is 5.18. The van der Waals surface area contributed by atoms with Crippen molar-refractivity contribution in [3.8, 4) is 11.3 Å². The topological polar surface area (TPSA) is 54.9 Å². The number of hydrogen-bond donors (Lipinski definition) is 1. The van der Waals surface area contributed by atoms with E-state index >= 15 is 0 Å². The third kappa shape index (κ3) is 3.62. The summed E-state index contributed by atoms with van der Waals surface area (Å²) in [6.07, 6.45) is 4.21. The molecule has 0 saturated carbocycles. The Bertz CT molecular complexity index is 1090. The van der Waals surface area contributed by atoms with Crippen LogP contribution in [0.5, 0.6) is 0 Å². The molecule has 1 atom stereocenters. The van der Waals surface area contributed by atoms with Gasteiger partial charge in [-0.15, -0.1) is 0 Å². The van der Waals surface area contributed by atoms with Gasteiger partial charge in [0, 0.05) is 23.3 Å². The second kappa shape index (κ2) is 8.01. The molecule has 4 aromatic rings. The molecule has 0 unspecified atom stereocenters. The van der Waals surface area contributed by atoms with Crippen molar-refractivity contribution in [1.29, 1.82) is 0 Å². The van der Waals surface area contributed by atoms with Crippen molar-refractivity contribution >= 4 is 16.8 Å². The highest BCUT2D eigenvalue weighted by atomic mass is 16.1. The first-order valence-electron chi connectivity index (χ1n) is 9.42. The van der Waals surface area contributed by atoms with Gasteiger partial charge in [0.25, 0.3) is 5.91 Å². The van der Waals surface area contributed by atoms with Gasteiger partial charge >= 0.3 is 0 Å². The third-order valence-electron chi connectivity index (χ3n) is 4.84. The number of carbonyl (C=O) groups excluding carboxylic acids is 1. The monoisotopic (exact) mass is 367 g/mol. The van der Waals surface area contributed by atoms with Crippen molar-refractivity contribution in [1.82, 2.24) is 15.3 Å². The van der Waals surface area contributed by atoms with E-state index in [0.29, 0.717) is 5.56 Å². The van der Waals surface area contributed by atoms with E-state index < -0.39 is 0 Å². The minimum absolute atomic E-state index is 0.0474. The lowest BCUT2D eigenvalue weighted by molar-refractivity contribution is 0.0937. The summed E-state index contributed by atoms with van der Waals surface area (Å²) in [4.78, 5) is 22.1. The molecule has 0 aliphatic rings. The van der Waals surface area contributed by atoms with Gasteiger partial charge in [0.05, 0.1) is 22.8 Å². The maximum Gasteiger partial charge on any atom is 0.252 e. The van der Waals surface area contributed by atoms with Crippen molar-refractivity contribution in [3.05, 3.63) is 96.3 Å². The van der Waals surface area contributed by atoms with E-state index in [2.05, 4.69) is 17.2 Å². The van der Waals surface area contributed by atoms with Crippen LogP contribution in [0.2, 0.25) is 0 Å². The number of benzene rings is 2. The largest absolute Gasteiger partial charge is 0.345 e. The quantitative estimate of drug-likeness (QED) is 0.529. The van der Waals surface area contributed by atoms with E-state index in [-0.39, 0.29) is 11.9 Å². The van der Waals surface area contributed by atoms with Crippen LogP contribution in [-0.4, -0.2) is 15.9 Å². The standard InChI is InChI=1S/C24H21N3O/c1-2-21(17-9-5-3-6-10-17)27-24(28)19-15-23(18-11-7-4-8-12-18)26-22-13-14-25-16-20(19)22/h3-16,21H,2H2,1H3,(H,27,28)/t21-/m1/s1. The number of fused-ring (bicyclic) bond motifs is 1. The molecule has 0 aliphatic carbocycles. The second-order valence-corrected chi connectivity index (χ2v) is 6.66. The maximum atomic E-state index is 13.2. The molecule has 4 nitrogen and oxygen atoms in total. The molecule has 0 bridgehead atoms. The number of nitrogens with one attached hydrogen (secondary N) is 1. The SMILES string of the molecule is CC[C@@H](NC(=O)c1cc(-c2ccccc2)nc2ccncc12)c1ccccc1. The number of aromatic nitrogens is 2. The van der Waals surface area contributed by atoms with Gasteiger partial charge in [-0.2, -0.15) is 0 Å². The number of carbonyl (C=O) groups is 1. The first-order valence-corrected chi connectivity index (χ1v) is 9.42. The van der Waals surface area contributed by atoms with Gasteiger partial charge in [0.1, 0.15) is 0 Å². The minimum Gasteiger partial charge on any atom is -0.345 e. The number of nitrogens with zero attached hydrogens (tertiary/aromatic N) is 2. The molecule has 1 amide bonds. The van der Waals surface area contributed by atoms with E-state index in [9.17, 15) is 4.79 Å². The highest BCUT2D eigenvalue weighted by molar-refractivity contribution is 6.07.